The van der Waals surface area contributed by atoms with Crippen molar-refractivity contribution in [3.8, 4) is 0 Å². The zero-order valence-electron chi connectivity index (χ0n) is 12.1. The van der Waals surface area contributed by atoms with E-state index in [-0.39, 0.29) is 12.3 Å². The molecule has 1 atom stereocenters. The highest BCUT2D eigenvalue weighted by atomic mass is 19.3. The van der Waals surface area contributed by atoms with E-state index in [4.69, 9.17) is 0 Å². The summed E-state index contributed by atoms with van der Waals surface area (Å²) >= 11 is 0. The van der Waals surface area contributed by atoms with Crippen LogP contribution in [0.5, 0.6) is 0 Å². The maximum Gasteiger partial charge on any atom is 0.260 e. The molecule has 0 aromatic heterocycles. The molecule has 0 bridgehead atoms. The summed E-state index contributed by atoms with van der Waals surface area (Å²) < 4.78 is 25.8. The number of hydrogen-bond donors (Lipinski definition) is 0. The van der Waals surface area contributed by atoms with Crippen LogP contribution in [0.1, 0.15) is 19.3 Å². The van der Waals surface area contributed by atoms with Gasteiger partial charge in [0.25, 0.3) is 5.92 Å². The lowest BCUT2D eigenvalue weighted by atomic mass is 10.2. The van der Waals surface area contributed by atoms with Crippen molar-refractivity contribution in [2.45, 2.75) is 25.2 Å². The zero-order chi connectivity index (χ0) is 15.0. The molecule has 0 radical (unpaired) electrons. The fraction of sp³-hybridized carbons (Fsp3) is 0.857. The second kappa shape index (κ2) is 5.51. The normalized spacial score (nSPS) is 28.8. The minimum absolute atomic E-state index is 0.140. The van der Waals surface area contributed by atoms with Gasteiger partial charge < -0.3 is 9.80 Å². The number of piperazine rings is 1. The molecule has 1 saturated carbocycles. The third-order valence-electron chi connectivity index (χ3n) is 4.63. The molecule has 3 aliphatic rings. The quantitative estimate of drug-likeness (QED) is 0.758. The van der Waals surface area contributed by atoms with Crippen molar-refractivity contribution in [3.63, 3.8) is 0 Å². The fourth-order valence-corrected chi connectivity index (χ4v) is 3.09. The molecule has 0 aromatic rings. The van der Waals surface area contributed by atoms with Gasteiger partial charge in [-0.1, -0.05) is 0 Å². The van der Waals surface area contributed by atoms with E-state index in [1.54, 1.807) is 0 Å². The Morgan fingerprint density at radius 1 is 0.952 bits per heavy atom. The third-order valence-corrected chi connectivity index (χ3v) is 4.63. The van der Waals surface area contributed by atoms with Gasteiger partial charge in [0.2, 0.25) is 11.8 Å². The highest BCUT2D eigenvalue weighted by Crippen LogP contribution is 2.49. The van der Waals surface area contributed by atoms with Crippen LogP contribution in [0.25, 0.3) is 0 Å². The van der Waals surface area contributed by atoms with Crippen molar-refractivity contribution in [1.29, 1.82) is 0 Å². The molecule has 3 rings (SSSR count). The molecule has 2 aliphatic heterocycles. The minimum Gasteiger partial charge on any atom is -0.342 e. The molecule has 2 heterocycles. The molecule has 3 fully saturated rings. The first kappa shape index (κ1) is 14.7. The molecule has 0 N–H and O–H groups in total. The van der Waals surface area contributed by atoms with Gasteiger partial charge in [0.15, 0.2) is 0 Å². The summed E-state index contributed by atoms with van der Waals surface area (Å²) in [4.78, 5) is 29.3. The predicted octanol–water partition coefficient (Wildman–Crippen LogP) is 0.408. The summed E-state index contributed by atoms with van der Waals surface area (Å²) in [6.45, 7) is 4.12. The number of hydrogen-bond acceptors (Lipinski definition) is 3. The first-order valence-corrected chi connectivity index (χ1v) is 7.64. The van der Waals surface area contributed by atoms with Crippen LogP contribution in [-0.2, 0) is 9.59 Å². The third kappa shape index (κ3) is 3.17. The van der Waals surface area contributed by atoms with E-state index in [9.17, 15) is 18.4 Å². The largest absolute Gasteiger partial charge is 0.342 e. The highest BCUT2D eigenvalue weighted by Gasteiger charge is 2.62. The van der Waals surface area contributed by atoms with Crippen LogP contribution >= 0.6 is 0 Å². The number of halogens is 2. The molecule has 0 spiro atoms. The molecule has 118 valence electrons. The van der Waals surface area contributed by atoms with Crippen LogP contribution in [0.3, 0.4) is 0 Å². The standard InChI is InChI=1S/C14H21F2N3O2/c15-14(16)9-11(14)13(21)19-7-5-17(6-8-19)10-12(20)18-3-1-2-4-18/h11H,1-10H2. The Hall–Kier alpha value is -1.24. The van der Waals surface area contributed by atoms with Crippen LogP contribution < -0.4 is 0 Å². The molecular weight excluding hydrogens is 280 g/mol. The first-order chi connectivity index (χ1) is 9.97. The van der Waals surface area contributed by atoms with Gasteiger partial charge >= 0.3 is 0 Å². The van der Waals surface area contributed by atoms with Gasteiger partial charge in [-0.25, -0.2) is 8.78 Å². The van der Waals surface area contributed by atoms with Gasteiger partial charge in [-0.15, -0.1) is 0 Å². The average Bonchev–Trinajstić information content (AvgIpc) is 2.90. The molecule has 2 saturated heterocycles. The second-order valence-corrected chi connectivity index (χ2v) is 6.21. The fourth-order valence-electron chi connectivity index (χ4n) is 3.09. The van der Waals surface area contributed by atoms with E-state index < -0.39 is 17.7 Å². The first-order valence-electron chi connectivity index (χ1n) is 7.64. The van der Waals surface area contributed by atoms with Crippen LogP contribution in [0, 0.1) is 5.92 Å². The maximum atomic E-state index is 12.9. The second-order valence-electron chi connectivity index (χ2n) is 6.21. The van der Waals surface area contributed by atoms with Gasteiger partial charge in [-0.05, 0) is 12.8 Å². The Kier molecular flexibility index (Phi) is 3.86. The number of carbonyl (C=O) groups is 2. The number of carbonyl (C=O) groups excluding carboxylic acids is 2. The number of amides is 2. The average molecular weight is 301 g/mol. The van der Waals surface area contributed by atoms with E-state index in [1.807, 2.05) is 9.80 Å². The molecular formula is C14H21F2N3O2. The smallest absolute Gasteiger partial charge is 0.260 e. The lowest BCUT2D eigenvalue weighted by molar-refractivity contribution is -0.137. The van der Waals surface area contributed by atoms with Crippen LogP contribution in [0.15, 0.2) is 0 Å². The van der Waals surface area contributed by atoms with Crippen LogP contribution in [0.4, 0.5) is 8.78 Å². The monoisotopic (exact) mass is 301 g/mol. The Morgan fingerprint density at radius 3 is 2.05 bits per heavy atom. The number of alkyl halides is 2. The van der Waals surface area contributed by atoms with E-state index in [0.717, 1.165) is 25.9 Å². The summed E-state index contributed by atoms with van der Waals surface area (Å²) in [7, 11) is 0. The summed E-state index contributed by atoms with van der Waals surface area (Å²) in [5.41, 5.74) is 0. The minimum atomic E-state index is -2.79. The highest BCUT2D eigenvalue weighted by molar-refractivity contribution is 5.83. The van der Waals surface area contributed by atoms with Crippen molar-refractivity contribution in [1.82, 2.24) is 14.7 Å². The van der Waals surface area contributed by atoms with Crippen molar-refractivity contribution in [2.75, 3.05) is 45.8 Å². The van der Waals surface area contributed by atoms with Crippen molar-refractivity contribution in [2.24, 2.45) is 5.92 Å². The molecule has 21 heavy (non-hydrogen) atoms. The summed E-state index contributed by atoms with van der Waals surface area (Å²) in [6.07, 6.45) is 1.84. The zero-order valence-corrected chi connectivity index (χ0v) is 12.1. The lowest BCUT2D eigenvalue weighted by Gasteiger charge is -2.35. The van der Waals surface area contributed by atoms with Crippen molar-refractivity contribution >= 4 is 11.8 Å². The van der Waals surface area contributed by atoms with Gasteiger partial charge in [-0.3, -0.25) is 14.5 Å². The van der Waals surface area contributed by atoms with Crippen molar-refractivity contribution < 1.29 is 18.4 Å². The number of likely N-dealkylation sites (tertiary alicyclic amines) is 1. The Bertz CT molecular complexity index is 430. The molecule has 2 amide bonds. The molecule has 1 unspecified atom stereocenters. The summed E-state index contributed by atoms with van der Waals surface area (Å²) in [6, 6.07) is 0. The van der Waals surface area contributed by atoms with Gasteiger partial charge in [-0.2, -0.15) is 0 Å². The predicted molar refractivity (Wildman–Crippen MR) is 71.9 cm³/mol. The topological polar surface area (TPSA) is 43.9 Å². The van der Waals surface area contributed by atoms with Gasteiger partial charge in [0.05, 0.1) is 6.54 Å². The SMILES string of the molecule is O=C(CN1CCN(C(=O)C2CC2(F)F)CC1)N1CCCC1. The van der Waals surface area contributed by atoms with Crippen molar-refractivity contribution in [3.05, 3.63) is 0 Å². The Morgan fingerprint density at radius 2 is 1.52 bits per heavy atom. The summed E-state index contributed by atoms with van der Waals surface area (Å²) in [5, 5.41) is 0. The van der Waals surface area contributed by atoms with Gasteiger partial charge in [0.1, 0.15) is 5.92 Å². The molecule has 0 aromatic carbocycles. The van der Waals surface area contributed by atoms with Crippen LogP contribution in [-0.4, -0.2) is 78.2 Å². The maximum absolute atomic E-state index is 12.9. The van der Waals surface area contributed by atoms with E-state index >= 15 is 0 Å². The summed E-state index contributed by atoms with van der Waals surface area (Å²) in [5.74, 6) is -4.18. The molecule has 5 nitrogen and oxygen atoms in total. The van der Waals surface area contributed by atoms with E-state index in [1.165, 1.54) is 4.90 Å². The van der Waals surface area contributed by atoms with Crippen LogP contribution in [0.2, 0.25) is 0 Å². The van der Waals surface area contributed by atoms with Gasteiger partial charge in [0, 0.05) is 45.7 Å². The Balaban J connectivity index is 1.42. The molecule has 1 aliphatic carbocycles. The lowest BCUT2D eigenvalue weighted by Crippen LogP contribution is -2.52. The Labute approximate surface area is 122 Å². The molecule has 7 heteroatoms. The van der Waals surface area contributed by atoms with E-state index in [2.05, 4.69) is 0 Å². The number of rotatable bonds is 3. The van der Waals surface area contributed by atoms with E-state index in [0.29, 0.717) is 32.7 Å². The number of nitrogens with zero attached hydrogens (tertiary/aromatic N) is 3.